The number of anilines is 2. The topological polar surface area (TPSA) is 144 Å². The molecule has 0 fully saturated rings. The third kappa shape index (κ3) is 10.5. The molecule has 0 saturated heterocycles. The van der Waals surface area contributed by atoms with Gasteiger partial charge >= 0.3 is 0 Å². The molecule has 6 rings (SSSR count). The number of carbonyl (C=O) groups excluding carboxylic acids is 3. The molecule has 0 saturated carbocycles. The molecule has 0 aliphatic rings. The second kappa shape index (κ2) is 17.9. The van der Waals surface area contributed by atoms with Gasteiger partial charge in [0, 0.05) is 53.7 Å². The zero-order valence-corrected chi connectivity index (χ0v) is 34.4. The molecular weight excluding hydrogens is 862 g/mol. The van der Waals surface area contributed by atoms with Crippen molar-refractivity contribution in [3.05, 3.63) is 199 Å². The van der Waals surface area contributed by atoms with Crippen molar-refractivity contribution in [2.24, 2.45) is 0 Å². The van der Waals surface area contributed by atoms with Crippen LogP contribution in [0.25, 0.3) is 12.2 Å². The molecule has 0 atom stereocenters. The monoisotopic (exact) mass is 888 g/mol. The van der Waals surface area contributed by atoms with E-state index in [9.17, 15) is 31.2 Å². The van der Waals surface area contributed by atoms with Gasteiger partial charge in [-0.25, -0.2) is 16.8 Å². The van der Waals surface area contributed by atoms with Crippen LogP contribution in [0.4, 0.5) is 11.4 Å². The molecule has 6 aromatic rings. The van der Waals surface area contributed by atoms with Crippen molar-refractivity contribution in [3.63, 3.8) is 0 Å². The Hall–Kier alpha value is -5.53. The SMILES string of the molecule is O=C(/C=C/c1ccc(Cl)cc1Cl)c1ccc(NS(=O)(=O)c2cccc(C(=O)c3cccc(S(=O)(=O)Nc4ccc(C(=O)/C=C/c5ccc(Cl)cc5Cl)cc4)c3)c2)cc1. The largest absolute Gasteiger partial charge is 0.289 e. The molecule has 9 nitrogen and oxygen atoms in total. The van der Waals surface area contributed by atoms with Gasteiger partial charge in [-0.1, -0.05) is 82.8 Å². The Labute approximate surface area is 354 Å². The van der Waals surface area contributed by atoms with E-state index < -0.39 is 25.8 Å². The molecule has 292 valence electrons. The Morgan fingerprint density at radius 2 is 0.828 bits per heavy atom. The second-order valence-corrected chi connectivity index (χ2v) is 17.5. The van der Waals surface area contributed by atoms with E-state index in [0.29, 0.717) is 42.3 Å². The van der Waals surface area contributed by atoms with Crippen molar-refractivity contribution in [1.82, 2.24) is 0 Å². The Bertz CT molecular complexity index is 2670. The summed E-state index contributed by atoms with van der Waals surface area (Å²) < 4.78 is 58.2. The van der Waals surface area contributed by atoms with Gasteiger partial charge in [0.25, 0.3) is 20.0 Å². The van der Waals surface area contributed by atoms with Crippen LogP contribution >= 0.6 is 46.4 Å². The van der Waals surface area contributed by atoms with Crippen molar-refractivity contribution >= 4 is 107 Å². The molecule has 0 aromatic heterocycles. The predicted molar refractivity (Wildman–Crippen MR) is 230 cm³/mol. The van der Waals surface area contributed by atoms with Gasteiger partial charge < -0.3 is 0 Å². The average molecular weight is 891 g/mol. The summed E-state index contributed by atoms with van der Waals surface area (Å²) >= 11 is 24.2. The van der Waals surface area contributed by atoms with Gasteiger partial charge in [-0.05, 0) is 132 Å². The molecule has 0 unspecified atom stereocenters. The van der Waals surface area contributed by atoms with Gasteiger partial charge in [-0.15, -0.1) is 0 Å². The molecule has 2 N–H and O–H groups in total. The molecule has 0 aliphatic heterocycles. The summed E-state index contributed by atoms with van der Waals surface area (Å²) in [5.74, 6) is -1.30. The second-order valence-electron chi connectivity index (χ2n) is 12.5. The zero-order valence-electron chi connectivity index (χ0n) is 29.7. The number of nitrogens with one attached hydrogen (secondary N) is 2. The standard InChI is InChI=1S/C43H28Cl4N2O7S2/c44-33-15-7-27(39(46)25-33)13-21-41(50)29-9-17-35(18-10-29)48-57(53,54)37-5-1-3-31(23-37)43(52)32-4-2-6-38(24-32)58(55,56)49-36-19-11-30(12-20-36)42(51)22-14-28-8-16-34(45)26-40(28)47/h1-26,48-49H/b21-13+,22-14+. The molecule has 0 bridgehead atoms. The van der Waals surface area contributed by atoms with E-state index in [2.05, 4.69) is 9.44 Å². The number of halogens is 4. The highest BCUT2D eigenvalue weighted by atomic mass is 35.5. The molecular formula is C43H28Cl4N2O7S2. The van der Waals surface area contributed by atoms with Crippen molar-refractivity contribution < 1.29 is 31.2 Å². The highest BCUT2D eigenvalue weighted by Crippen LogP contribution is 2.26. The summed E-state index contributed by atoms with van der Waals surface area (Å²) in [7, 11) is -8.40. The van der Waals surface area contributed by atoms with Crippen LogP contribution in [0.15, 0.2) is 155 Å². The third-order valence-corrected chi connectivity index (χ3v) is 12.3. The van der Waals surface area contributed by atoms with Gasteiger partial charge in [-0.3, -0.25) is 23.8 Å². The number of sulfonamides is 2. The first-order valence-electron chi connectivity index (χ1n) is 16.9. The lowest BCUT2D eigenvalue weighted by molar-refractivity contribution is 0.103. The maximum absolute atomic E-state index is 13.5. The Balaban J connectivity index is 1.10. The van der Waals surface area contributed by atoms with Crippen LogP contribution in [-0.4, -0.2) is 34.2 Å². The van der Waals surface area contributed by atoms with E-state index in [0.717, 1.165) is 0 Å². The van der Waals surface area contributed by atoms with Crippen LogP contribution in [0.2, 0.25) is 20.1 Å². The quantitative estimate of drug-likeness (QED) is 0.0818. The molecule has 0 radical (unpaired) electrons. The van der Waals surface area contributed by atoms with Gasteiger partial charge in [0.1, 0.15) is 0 Å². The molecule has 0 amide bonds. The van der Waals surface area contributed by atoms with Crippen LogP contribution in [-0.2, 0) is 20.0 Å². The first-order chi connectivity index (χ1) is 27.6. The van der Waals surface area contributed by atoms with E-state index in [4.69, 9.17) is 46.4 Å². The minimum Gasteiger partial charge on any atom is -0.289 e. The van der Waals surface area contributed by atoms with Crippen LogP contribution in [0.5, 0.6) is 0 Å². The van der Waals surface area contributed by atoms with Gasteiger partial charge in [0.15, 0.2) is 17.3 Å². The molecule has 6 aromatic carbocycles. The molecule has 58 heavy (non-hydrogen) atoms. The summed E-state index contributed by atoms with van der Waals surface area (Å²) in [4.78, 5) is 38.5. The number of allylic oxidation sites excluding steroid dienone is 2. The van der Waals surface area contributed by atoms with E-state index in [1.807, 2.05) is 0 Å². The van der Waals surface area contributed by atoms with Crippen LogP contribution in [0.3, 0.4) is 0 Å². The van der Waals surface area contributed by atoms with E-state index >= 15 is 0 Å². The lowest BCUT2D eigenvalue weighted by Crippen LogP contribution is -2.15. The smallest absolute Gasteiger partial charge is 0.261 e. The first-order valence-corrected chi connectivity index (χ1v) is 21.4. The average Bonchev–Trinajstić information content (AvgIpc) is 3.20. The normalized spacial score (nSPS) is 11.8. The summed E-state index contributed by atoms with van der Waals surface area (Å²) in [5.41, 5.74) is 2.11. The summed E-state index contributed by atoms with van der Waals surface area (Å²) in [6, 6.07) is 31.8. The summed E-state index contributed by atoms with van der Waals surface area (Å²) in [6.07, 6.45) is 5.77. The summed E-state index contributed by atoms with van der Waals surface area (Å²) in [6.45, 7) is 0. The molecule has 0 aliphatic carbocycles. The maximum Gasteiger partial charge on any atom is 0.261 e. The van der Waals surface area contributed by atoms with Crippen molar-refractivity contribution in [2.75, 3.05) is 9.44 Å². The Morgan fingerprint density at radius 3 is 1.19 bits per heavy atom. The van der Waals surface area contributed by atoms with Crippen molar-refractivity contribution in [1.29, 1.82) is 0 Å². The zero-order chi connectivity index (χ0) is 41.6. The van der Waals surface area contributed by atoms with Gasteiger partial charge in [0.05, 0.1) is 9.79 Å². The van der Waals surface area contributed by atoms with Crippen molar-refractivity contribution in [2.45, 2.75) is 9.79 Å². The minimum absolute atomic E-state index is 0.00783. The van der Waals surface area contributed by atoms with Crippen LogP contribution in [0, 0.1) is 0 Å². The summed E-state index contributed by atoms with van der Waals surface area (Å²) in [5, 5.41) is 1.68. The Kier molecular flexibility index (Phi) is 13.0. The number of ketones is 3. The number of carbonyl (C=O) groups is 3. The van der Waals surface area contributed by atoms with E-state index in [-0.39, 0.29) is 43.9 Å². The molecule has 0 spiro atoms. The van der Waals surface area contributed by atoms with Gasteiger partial charge in [-0.2, -0.15) is 0 Å². The first kappa shape index (κ1) is 42.1. The third-order valence-electron chi connectivity index (χ3n) is 8.41. The Morgan fingerprint density at radius 1 is 0.448 bits per heavy atom. The number of hydrogen-bond donors (Lipinski definition) is 2. The lowest BCUT2D eigenvalue weighted by Gasteiger charge is -2.11. The van der Waals surface area contributed by atoms with Crippen molar-refractivity contribution in [3.8, 4) is 0 Å². The van der Waals surface area contributed by atoms with E-state index in [1.54, 1.807) is 48.6 Å². The maximum atomic E-state index is 13.5. The van der Waals surface area contributed by atoms with Crippen LogP contribution < -0.4 is 9.44 Å². The fourth-order valence-corrected chi connectivity index (χ4v) is 8.56. The van der Waals surface area contributed by atoms with Gasteiger partial charge in [0.2, 0.25) is 0 Å². The number of benzene rings is 6. The predicted octanol–water partition coefficient (Wildman–Crippen LogP) is 10.9. The highest BCUT2D eigenvalue weighted by Gasteiger charge is 2.21. The molecule has 0 heterocycles. The van der Waals surface area contributed by atoms with Crippen LogP contribution in [0.1, 0.15) is 47.8 Å². The highest BCUT2D eigenvalue weighted by molar-refractivity contribution is 7.93. The lowest BCUT2D eigenvalue weighted by atomic mass is 10.0. The fourth-order valence-electron chi connectivity index (χ4n) is 5.41. The number of hydrogen-bond acceptors (Lipinski definition) is 7. The molecule has 15 heteroatoms. The number of rotatable bonds is 14. The fraction of sp³-hybridized carbons (Fsp3) is 0. The van der Waals surface area contributed by atoms with E-state index in [1.165, 1.54) is 109 Å². The minimum atomic E-state index is -4.20.